The van der Waals surface area contributed by atoms with E-state index >= 15 is 0 Å². The number of alkyl halides is 2. The van der Waals surface area contributed by atoms with Crippen LogP contribution >= 0.6 is 23.2 Å². The summed E-state index contributed by atoms with van der Waals surface area (Å²) in [6.07, 6.45) is 1.19. The maximum atomic E-state index is 11.3. The predicted molar refractivity (Wildman–Crippen MR) is 64.2 cm³/mol. The van der Waals surface area contributed by atoms with Crippen LogP contribution in [0.5, 0.6) is 0 Å². The van der Waals surface area contributed by atoms with E-state index in [2.05, 4.69) is 0 Å². The Morgan fingerprint density at radius 2 is 1.88 bits per heavy atom. The van der Waals surface area contributed by atoms with Crippen LogP contribution in [0.1, 0.15) is 24.5 Å². The molecule has 1 aromatic rings. The van der Waals surface area contributed by atoms with Gasteiger partial charge in [-0.2, -0.15) is 0 Å². The SMILES string of the molecule is CCc1ccc(C2(C(=O)O)CC2(Cl)Cl)cc1. The molecule has 4 heteroatoms. The molecule has 0 spiro atoms. The molecule has 1 fully saturated rings. The first-order chi connectivity index (χ1) is 7.44. The number of rotatable bonds is 3. The monoisotopic (exact) mass is 258 g/mol. The first kappa shape index (κ1) is 11.7. The number of aryl methyl sites for hydroxylation is 1. The number of halogens is 2. The fourth-order valence-electron chi connectivity index (χ4n) is 1.98. The van der Waals surface area contributed by atoms with Gasteiger partial charge in [0, 0.05) is 6.42 Å². The molecule has 0 amide bonds. The molecule has 0 aromatic heterocycles. The van der Waals surface area contributed by atoms with Gasteiger partial charge in [-0.3, -0.25) is 4.79 Å². The molecular weight excluding hydrogens is 247 g/mol. The fourth-order valence-corrected chi connectivity index (χ4v) is 2.76. The van der Waals surface area contributed by atoms with Gasteiger partial charge in [-0.25, -0.2) is 0 Å². The summed E-state index contributed by atoms with van der Waals surface area (Å²) >= 11 is 11.9. The molecule has 1 aliphatic rings. The third-order valence-corrected chi connectivity index (χ3v) is 4.12. The van der Waals surface area contributed by atoms with E-state index in [-0.39, 0.29) is 6.42 Å². The van der Waals surface area contributed by atoms with Gasteiger partial charge in [0.1, 0.15) is 9.75 Å². The average molecular weight is 259 g/mol. The predicted octanol–water partition coefficient (Wildman–Crippen LogP) is 3.15. The van der Waals surface area contributed by atoms with Gasteiger partial charge in [0.25, 0.3) is 0 Å². The molecule has 0 heterocycles. The lowest BCUT2D eigenvalue weighted by atomic mass is 9.95. The van der Waals surface area contributed by atoms with Crippen molar-refractivity contribution in [3.05, 3.63) is 35.4 Å². The standard InChI is InChI=1S/C12H12Cl2O2/c1-2-8-3-5-9(6-4-8)11(10(15)16)7-12(11,13)14/h3-6H,2,7H2,1H3,(H,15,16). The van der Waals surface area contributed by atoms with E-state index in [9.17, 15) is 9.90 Å². The molecule has 0 bridgehead atoms. The second-order valence-corrected chi connectivity index (χ2v) is 5.63. The molecule has 86 valence electrons. The maximum Gasteiger partial charge on any atom is 0.317 e. The van der Waals surface area contributed by atoms with Crippen molar-refractivity contribution in [2.75, 3.05) is 0 Å². The molecule has 1 saturated carbocycles. The van der Waals surface area contributed by atoms with Crippen LogP contribution in [0.4, 0.5) is 0 Å². The molecule has 1 unspecified atom stereocenters. The van der Waals surface area contributed by atoms with Gasteiger partial charge < -0.3 is 5.11 Å². The topological polar surface area (TPSA) is 37.3 Å². The smallest absolute Gasteiger partial charge is 0.317 e. The minimum Gasteiger partial charge on any atom is -0.480 e. The van der Waals surface area contributed by atoms with Crippen molar-refractivity contribution < 1.29 is 9.90 Å². The number of hydrogen-bond donors (Lipinski definition) is 1. The Hall–Kier alpha value is -0.730. The zero-order valence-electron chi connectivity index (χ0n) is 8.84. The normalized spacial score (nSPS) is 26.4. The van der Waals surface area contributed by atoms with Crippen LogP contribution in [0.25, 0.3) is 0 Å². The number of carboxylic acids is 1. The number of carboxylic acid groups (broad SMARTS) is 1. The Labute approximate surface area is 104 Å². The highest BCUT2D eigenvalue weighted by atomic mass is 35.5. The Bertz CT molecular complexity index is 425. The van der Waals surface area contributed by atoms with Crippen molar-refractivity contribution in [1.29, 1.82) is 0 Å². The number of benzene rings is 1. The highest BCUT2D eigenvalue weighted by Crippen LogP contribution is 2.64. The fraction of sp³-hybridized carbons (Fsp3) is 0.417. The highest BCUT2D eigenvalue weighted by molar-refractivity contribution is 6.54. The summed E-state index contributed by atoms with van der Waals surface area (Å²) in [5.41, 5.74) is 0.726. The molecule has 0 radical (unpaired) electrons. The van der Waals surface area contributed by atoms with E-state index in [0.717, 1.165) is 6.42 Å². The van der Waals surface area contributed by atoms with Crippen LogP contribution in [0, 0.1) is 0 Å². The molecule has 1 atom stereocenters. The van der Waals surface area contributed by atoms with Crippen LogP contribution in [0.2, 0.25) is 0 Å². The Balaban J connectivity index is 2.39. The minimum absolute atomic E-state index is 0.268. The third kappa shape index (κ3) is 1.52. The average Bonchev–Trinajstić information content (AvgIpc) is 2.84. The molecule has 16 heavy (non-hydrogen) atoms. The molecule has 1 N–H and O–H groups in total. The van der Waals surface area contributed by atoms with Crippen molar-refractivity contribution in [3.8, 4) is 0 Å². The van der Waals surface area contributed by atoms with Crippen LogP contribution in [-0.2, 0) is 16.6 Å². The van der Waals surface area contributed by atoms with Gasteiger partial charge in [0.15, 0.2) is 0 Å². The molecular formula is C12H12Cl2O2. The molecule has 0 aliphatic heterocycles. The summed E-state index contributed by atoms with van der Waals surface area (Å²) in [7, 11) is 0. The molecule has 1 aliphatic carbocycles. The number of carbonyl (C=O) groups is 1. The quantitative estimate of drug-likeness (QED) is 0.846. The van der Waals surface area contributed by atoms with Crippen LogP contribution in [-0.4, -0.2) is 15.4 Å². The van der Waals surface area contributed by atoms with Crippen molar-refractivity contribution in [2.24, 2.45) is 0 Å². The summed E-state index contributed by atoms with van der Waals surface area (Å²) in [5, 5.41) is 9.25. The van der Waals surface area contributed by atoms with E-state index in [0.29, 0.717) is 5.56 Å². The molecule has 2 nitrogen and oxygen atoms in total. The second-order valence-electron chi connectivity index (χ2n) is 4.14. The van der Waals surface area contributed by atoms with Gasteiger partial charge in [0.2, 0.25) is 0 Å². The summed E-state index contributed by atoms with van der Waals surface area (Å²) in [5.74, 6) is -0.957. The maximum absolute atomic E-state index is 11.3. The Morgan fingerprint density at radius 1 is 1.38 bits per heavy atom. The first-order valence-electron chi connectivity index (χ1n) is 5.14. The largest absolute Gasteiger partial charge is 0.480 e. The minimum atomic E-state index is -1.17. The lowest BCUT2D eigenvalue weighted by molar-refractivity contribution is -0.140. The number of aliphatic carboxylic acids is 1. The first-order valence-corrected chi connectivity index (χ1v) is 5.90. The Morgan fingerprint density at radius 3 is 2.19 bits per heavy atom. The third-order valence-electron chi connectivity index (χ3n) is 3.21. The summed E-state index contributed by atoms with van der Waals surface area (Å²) < 4.78 is -1.17. The highest BCUT2D eigenvalue weighted by Gasteiger charge is 2.72. The van der Waals surface area contributed by atoms with Gasteiger partial charge in [0.05, 0.1) is 0 Å². The number of hydrogen-bond acceptors (Lipinski definition) is 1. The van der Waals surface area contributed by atoms with Crippen molar-refractivity contribution in [1.82, 2.24) is 0 Å². The summed E-state index contributed by atoms with van der Waals surface area (Å²) in [4.78, 5) is 11.3. The van der Waals surface area contributed by atoms with Crippen LogP contribution < -0.4 is 0 Å². The van der Waals surface area contributed by atoms with Crippen molar-refractivity contribution in [3.63, 3.8) is 0 Å². The lowest BCUT2D eigenvalue weighted by Crippen LogP contribution is -2.26. The van der Waals surface area contributed by atoms with Crippen LogP contribution in [0.3, 0.4) is 0 Å². The van der Waals surface area contributed by atoms with Gasteiger partial charge in [-0.15, -0.1) is 0 Å². The van der Waals surface area contributed by atoms with E-state index in [1.165, 1.54) is 5.56 Å². The second kappa shape index (κ2) is 3.64. The van der Waals surface area contributed by atoms with Crippen LogP contribution in [0.15, 0.2) is 24.3 Å². The van der Waals surface area contributed by atoms with Crippen molar-refractivity contribution in [2.45, 2.75) is 29.5 Å². The molecule has 1 aromatic carbocycles. The molecule has 0 saturated heterocycles. The van der Waals surface area contributed by atoms with E-state index in [4.69, 9.17) is 23.2 Å². The lowest BCUT2D eigenvalue weighted by Gasteiger charge is -2.13. The Kier molecular flexibility index (Phi) is 2.67. The molecule has 2 rings (SSSR count). The summed E-state index contributed by atoms with van der Waals surface area (Å²) in [6.45, 7) is 2.05. The zero-order chi connectivity index (χ0) is 12.0. The van der Waals surface area contributed by atoms with Gasteiger partial charge >= 0.3 is 5.97 Å². The van der Waals surface area contributed by atoms with Gasteiger partial charge in [-0.05, 0) is 17.5 Å². The van der Waals surface area contributed by atoms with Gasteiger partial charge in [-0.1, -0.05) is 54.4 Å². The van der Waals surface area contributed by atoms with E-state index in [1.807, 2.05) is 19.1 Å². The van der Waals surface area contributed by atoms with Crippen molar-refractivity contribution >= 4 is 29.2 Å². The zero-order valence-corrected chi connectivity index (χ0v) is 10.3. The van der Waals surface area contributed by atoms with E-state index < -0.39 is 15.7 Å². The summed E-state index contributed by atoms with van der Waals surface area (Å²) in [6, 6.07) is 7.45. The van der Waals surface area contributed by atoms with E-state index in [1.54, 1.807) is 12.1 Å².